The van der Waals surface area contributed by atoms with Crippen LogP contribution in [0.5, 0.6) is 0 Å². The number of aryl methyl sites for hydroxylation is 1. The number of para-hydroxylation sites is 1. The SMILES string of the molecule is Cc1ccc(NC(=O)[C@@H](C)[NH2+]C[C@H](c2ccccc2)c2c[nH]c3ccccc23)cc1. The second-order valence-electron chi connectivity index (χ2n) is 7.87. The van der Waals surface area contributed by atoms with Crippen LogP contribution in [0.4, 0.5) is 5.69 Å². The van der Waals surface area contributed by atoms with E-state index in [1.165, 1.54) is 22.1 Å². The van der Waals surface area contributed by atoms with Crippen LogP contribution in [0.15, 0.2) is 85.1 Å². The third-order valence-electron chi connectivity index (χ3n) is 5.66. The van der Waals surface area contributed by atoms with Gasteiger partial charge in [-0.25, -0.2) is 0 Å². The van der Waals surface area contributed by atoms with E-state index in [4.69, 9.17) is 0 Å². The van der Waals surface area contributed by atoms with Crippen LogP contribution in [0, 0.1) is 6.92 Å². The van der Waals surface area contributed by atoms with Gasteiger partial charge in [-0.1, -0.05) is 66.2 Å². The number of hydrogen-bond donors (Lipinski definition) is 3. The highest BCUT2D eigenvalue weighted by atomic mass is 16.2. The normalized spacial score (nSPS) is 13.1. The summed E-state index contributed by atoms with van der Waals surface area (Å²) in [6.07, 6.45) is 2.10. The minimum atomic E-state index is -0.192. The molecule has 4 rings (SSSR count). The average molecular weight is 399 g/mol. The van der Waals surface area contributed by atoms with Gasteiger partial charge in [-0.05, 0) is 43.2 Å². The Morgan fingerprint density at radius 2 is 1.67 bits per heavy atom. The van der Waals surface area contributed by atoms with Gasteiger partial charge in [-0.3, -0.25) is 4.79 Å². The molecule has 0 aliphatic rings. The molecule has 4 heteroatoms. The Balaban J connectivity index is 1.51. The minimum Gasteiger partial charge on any atom is -0.361 e. The molecule has 1 aromatic heterocycles. The molecule has 4 N–H and O–H groups in total. The van der Waals surface area contributed by atoms with Gasteiger partial charge in [0.2, 0.25) is 0 Å². The van der Waals surface area contributed by atoms with Crippen molar-refractivity contribution in [3.05, 3.63) is 102 Å². The van der Waals surface area contributed by atoms with E-state index >= 15 is 0 Å². The molecular formula is C26H28N3O+. The van der Waals surface area contributed by atoms with Gasteiger partial charge in [-0.15, -0.1) is 0 Å². The summed E-state index contributed by atoms with van der Waals surface area (Å²) in [7, 11) is 0. The lowest BCUT2D eigenvalue weighted by Crippen LogP contribution is -2.92. The van der Waals surface area contributed by atoms with Gasteiger partial charge in [-0.2, -0.15) is 0 Å². The molecule has 30 heavy (non-hydrogen) atoms. The Kier molecular flexibility index (Phi) is 5.96. The van der Waals surface area contributed by atoms with E-state index in [0.717, 1.165) is 17.7 Å². The number of carbonyl (C=O) groups is 1. The molecule has 1 heterocycles. The van der Waals surface area contributed by atoms with Crippen molar-refractivity contribution in [2.45, 2.75) is 25.8 Å². The van der Waals surface area contributed by atoms with Crippen LogP contribution >= 0.6 is 0 Å². The van der Waals surface area contributed by atoms with Crippen molar-refractivity contribution in [3.63, 3.8) is 0 Å². The van der Waals surface area contributed by atoms with Gasteiger partial charge >= 0.3 is 0 Å². The molecule has 0 bridgehead atoms. The Hall–Kier alpha value is -3.37. The number of carbonyl (C=O) groups excluding carboxylic acids is 1. The number of quaternary nitrogens is 1. The highest BCUT2D eigenvalue weighted by Crippen LogP contribution is 2.29. The first-order valence-corrected chi connectivity index (χ1v) is 10.4. The van der Waals surface area contributed by atoms with Crippen LogP contribution in [0.2, 0.25) is 0 Å². The molecule has 0 aliphatic heterocycles. The quantitative estimate of drug-likeness (QED) is 0.429. The van der Waals surface area contributed by atoms with Gasteiger partial charge < -0.3 is 15.6 Å². The summed E-state index contributed by atoms with van der Waals surface area (Å²) >= 11 is 0. The van der Waals surface area contributed by atoms with E-state index in [1.54, 1.807) is 0 Å². The van der Waals surface area contributed by atoms with Gasteiger partial charge in [0.1, 0.15) is 0 Å². The van der Waals surface area contributed by atoms with Crippen LogP contribution in [-0.4, -0.2) is 23.5 Å². The van der Waals surface area contributed by atoms with Crippen molar-refractivity contribution in [2.24, 2.45) is 0 Å². The predicted molar refractivity (Wildman–Crippen MR) is 123 cm³/mol. The largest absolute Gasteiger partial charge is 0.361 e. The zero-order valence-electron chi connectivity index (χ0n) is 17.4. The molecule has 0 unspecified atom stereocenters. The molecule has 0 spiro atoms. The lowest BCUT2D eigenvalue weighted by atomic mass is 9.90. The first-order chi connectivity index (χ1) is 14.6. The second-order valence-corrected chi connectivity index (χ2v) is 7.87. The Morgan fingerprint density at radius 1 is 0.967 bits per heavy atom. The number of aromatic amines is 1. The number of amides is 1. The summed E-state index contributed by atoms with van der Waals surface area (Å²) in [5.41, 5.74) is 5.67. The number of nitrogens with two attached hydrogens (primary N) is 1. The molecule has 2 atom stereocenters. The van der Waals surface area contributed by atoms with Crippen LogP contribution in [0.3, 0.4) is 0 Å². The Morgan fingerprint density at radius 3 is 2.43 bits per heavy atom. The molecule has 4 nitrogen and oxygen atoms in total. The van der Waals surface area contributed by atoms with E-state index < -0.39 is 0 Å². The predicted octanol–water partition coefficient (Wildman–Crippen LogP) is 4.20. The van der Waals surface area contributed by atoms with Crippen LogP contribution in [0.1, 0.15) is 29.5 Å². The summed E-state index contributed by atoms with van der Waals surface area (Å²) in [6.45, 7) is 4.78. The topological polar surface area (TPSA) is 61.5 Å². The maximum atomic E-state index is 12.7. The van der Waals surface area contributed by atoms with Crippen molar-refractivity contribution in [1.29, 1.82) is 0 Å². The Bertz CT molecular complexity index is 1120. The summed E-state index contributed by atoms with van der Waals surface area (Å²) in [5.74, 6) is 0.210. The van der Waals surface area contributed by atoms with Crippen LogP contribution in [-0.2, 0) is 4.79 Å². The number of fused-ring (bicyclic) bond motifs is 1. The van der Waals surface area contributed by atoms with Crippen molar-refractivity contribution in [3.8, 4) is 0 Å². The number of hydrogen-bond acceptors (Lipinski definition) is 1. The molecule has 4 aromatic rings. The van der Waals surface area contributed by atoms with Crippen LogP contribution < -0.4 is 10.6 Å². The zero-order valence-corrected chi connectivity index (χ0v) is 17.4. The standard InChI is InChI=1S/C26H27N3O/c1-18-12-14-21(15-13-18)29-26(30)19(2)27-16-23(20-8-4-3-5-9-20)24-17-28-25-11-7-6-10-22(24)25/h3-15,17,19,23,27-28H,16H2,1-2H3,(H,29,30)/p+1/t19-,23-/m1/s1. The summed E-state index contributed by atoms with van der Waals surface area (Å²) < 4.78 is 0. The van der Waals surface area contributed by atoms with Crippen molar-refractivity contribution < 1.29 is 10.1 Å². The second kappa shape index (κ2) is 8.97. The first-order valence-electron chi connectivity index (χ1n) is 10.4. The maximum absolute atomic E-state index is 12.7. The number of H-pyrrole nitrogens is 1. The van der Waals surface area contributed by atoms with Gasteiger partial charge in [0.15, 0.2) is 6.04 Å². The molecule has 0 fully saturated rings. The van der Waals surface area contributed by atoms with E-state index in [-0.39, 0.29) is 17.9 Å². The van der Waals surface area contributed by atoms with Gasteiger partial charge in [0.25, 0.3) is 5.91 Å². The van der Waals surface area contributed by atoms with Crippen molar-refractivity contribution >= 4 is 22.5 Å². The molecule has 3 aromatic carbocycles. The van der Waals surface area contributed by atoms with Crippen molar-refractivity contribution in [2.75, 3.05) is 11.9 Å². The molecule has 1 amide bonds. The van der Waals surface area contributed by atoms with Gasteiger partial charge in [0.05, 0.1) is 12.5 Å². The smallest absolute Gasteiger partial charge is 0.282 e. The van der Waals surface area contributed by atoms with E-state index in [9.17, 15) is 4.79 Å². The molecule has 0 radical (unpaired) electrons. The summed E-state index contributed by atoms with van der Waals surface area (Å²) in [6, 6.07) is 26.6. The third-order valence-corrected chi connectivity index (χ3v) is 5.66. The average Bonchev–Trinajstić information content (AvgIpc) is 3.20. The fourth-order valence-electron chi connectivity index (χ4n) is 3.85. The number of anilines is 1. The van der Waals surface area contributed by atoms with E-state index in [1.807, 2.05) is 50.2 Å². The summed E-state index contributed by atoms with van der Waals surface area (Å²) in [4.78, 5) is 16.1. The third kappa shape index (κ3) is 4.44. The monoisotopic (exact) mass is 398 g/mol. The van der Waals surface area contributed by atoms with Gasteiger partial charge in [0, 0.05) is 22.8 Å². The number of nitrogens with one attached hydrogen (secondary N) is 2. The fraction of sp³-hybridized carbons (Fsp3) is 0.192. The lowest BCUT2D eigenvalue weighted by molar-refractivity contribution is -0.674. The fourth-order valence-corrected chi connectivity index (χ4v) is 3.85. The highest BCUT2D eigenvalue weighted by Gasteiger charge is 2.23. The molecule has 0 saturated carbocycles. The number of aromatic nitrogens is 1. The Labute approximate surface area is 177 Å². The number of benzene rings is 3. The highest BCUT2D eigenvalue weighted by molar-refractivity contribution is 5.93. The molecule has 0 aliphatic carbocycles. The minimum absolute atomic E-state index is 0.0181. The van der Waals surface area contributed by atoms with E-state index in [0.29, 0.717) is 0 Å². The molecule has 152 valence electrons. The first kappa shape index (κ1) is 19.9. The number of rotatable bonds is 7. The van der Waals surface area contributed by atoms with E-state index in [2.05, 4.69) is 64.3 Å². The lowest BCUT2D eigenvalue weighted by Gasteiger charge is -2.19. The molecular weight excluding hydrogens is 370 g/mol. The summed E-state index contributed by atoms with van der Waals surface area (Å²) in [5, 5.41) is 6.38. The zero-order chi connectivity index (χ0) is 20.9. The molecule has 0 saturated heterocycles. The van der Waals surface area contributed by atoms with Crippen LogP contribution in [0.25, 0.3) is 10.9 Å². The maximum Gasteiger partial charge on any atom is 0.282 e. The van der Waals surface area contributed by atoms with Crippen molar-refractivity contribution in [1.82, 2.24) is 4.98 Å².